The number of rotatable bonds is 3. The van der Waals surface area contributed by atoms with E-state index in [4.69, 9.17) is 5.11 Å². The Balaban J connectivity index is 2.49. The van der Waals surface area contributed by atoms with Crippen molar-refractivity contribution in [3.63, 3.8) is 0 Å². The van der Waals surface area contributed by atoms with Gasteiger partial charge in [-0.1, -0.05) is 5.21 Å². The van der Waals surface area contributed by atoms with Gasteiger partial charge in [0.1, 0.15) is 0 Å². The predicted octanol–water partition coefficient (Wildman–Crippen LogP) is -0.260. The third-order valence-electron chi connectivity index (χ3n) is 1.40. The molecule has 0 fully saturated rings. The van der Waals surface area contributed by atoms with Crippen LogP contribution in [0.1, 0.15) is 12.1 Å². The van der Waals surface area contributed by atoms with E-state index in [2.05, 4.69) is 10.3 Å². The lowest BCUT2D eigenvalue weighted by molar-refractivity contribution is 0.287. The lowest BCUT2D eigenvalue weighted by atomic mass is 10.2. The SMILES string of the molecule is Cn1nncc1CCCO. The van der Waals surface area contributed by atoms with Gasteiger partial charge in [-0.2, -0.15) is 0 Å². The summed E-state index contributed by atoms with van der Waals surface area (Å²) in [6.07, 6.45) is 3.34. The fourth-order valence-corrected chi connectivity index (χ4v) is 0.797. The molecule has 1 heterocycles. The monoisotopic (exact) mass is 141 g/mol. The summed E-state index contributed by atoms with van der Waals surface area (Å²) in [7, 11) is 1.85. The molecule has 1 rings (SSSR count). The van der Waals surface area contributed by atoms with Crippen molar-refractivity contribution in [1.82, 2.24) is 15.0 Å². The fraction of sp³-hybridized carbons (Fsp3) is 0.667. The number of nitrogens with zero attached hydrogens (tertiary/aromatic N) is 3. The van der Waals surface area contributed by atoms with E-state index in [0.29, 0.717) is 0 Å². The van der Waals surface area contributed by atoms with Gasteiger partial charge in [-0.3, -0.25) is 4.68 Å². The summed E-state index contributed by atoms with van der Waals surface area (Å²) in [5.41, 5.74) is 1.06. The van der Waals surface area contributed by atoms with Gasteiger partial charge in [-0.05, 0) is 12.8 Å². The lowest BCUT2D eigenvalue weighted by Crippen LogP contribution is -1.99. The van der Waals surface area contributed by atoms with Crippen LogP contribution in [0.3, 0.4) is 0 Å². The van der Waals surface area contributed by atoms with Crippen molar-refractivity contribution in [1.29, 1.82) is 0 Å². The zero-order valence-corrected chi connectivity index (χ0v) is 5.99. The Hall–Kier alpha value is -0.900. The predicted molar refractivity (Wildman–Crippen MR) is 36.4 cm³/mol. The zero-order chi connectivity index (χ0) is 7.40. The largest absolute Gasteiger partial charge is 0.396 e. The van der Waals surface area contributed by atoms with Crippen molar-refractivity contribution in [2.75, 3.05) is 6.61 Å². The van der Waals surface area contributed by atoms with E-state index in [0.717, 1.165) is 18.5 Å². The number of hydrogen-bond donors (Lipinski definition) is 1. The van der Waals surface area contributed by atoms with E-state index in [1.807, 2.05) is 7.05 Å². The second-order valence-corrected chi connectivity index (χ2v) is 2.18. The highest BCUT2D eigenvalue weighted by Gasteiger charge is 1.96. The highest BCUT2D eigenvalue weighted by Crippen LogP contribution is 1.96. The molecule has 0 saturated heterocycles. The quantitative estimate of drug-likeness (QED) is 0.631. The number of aryl methyl sites for hydroxylation is 2. The molecule has 4 heteroatoms. The van der Waals surface area contributed by atoms with Gasteiger partial charge in [0.15, 0.2) is 0 Å². The Morgan fingerprint density at radius 2 is 2.50 bits per heavy atom. The van der Waals surface area contributed by atoms with Gasteiger partial charge < -0.3 is 5.11 Å². The Labute approximate surface area is 59.5 Å². The van der Waals surface area contributed by atoms with Gasteiger partial charge >= 0.3 is 0 Å². The molecule has 0 aromatic carbocycles. The van der Waals surface area contributed by atoms with E-state index in [1.54, 1.807) is 10.9 Å². The van der Waals surface area contributed by atoms with E-state index in [-0.39, 0.29) is 6.61 Å². The molecule has 0 aliphatic heterocycles. The normalized spacial score (nSPS) is 10.2. The van der Waals surface area contributed by atoms with Crippen molar-refractivity contribution in [3.8, 4) is 0 Å². The van der Waals surface area contributed by atoms with Gasteiger partial charge in [0.2, 0.25) is 0 Å². The molecule has 1 aromatic heterocycles. The van der Waals surface area contributed by atoms with Crippen LogP contribution in [0.15, 0.2) is 6.20 Å². The molecule has 0 radical (unpaired) electrons. The van der Waals surface area contributed by atoms with Gasteiger partial charge in [-0.25, -0.2) is 0 Å². The molecule has 1 aromatic rings. The summed E-state index contributed by atoms with van der Waals surface area (Å²) in [4.78, 5) is 0. The summed E-state index contributed by atoms with van der Waals surface area (Å²) >= 11 is 0. The molecule has 0 spiro atoms. The highest BCUT2D eigenvalue weighted by atomic mass is 16.2. The zero-order valence-electron chi connectivity index (χ0n) is 5.99. The molecule has 0 aliphatic rings. The van der Waals surface area contributed by atoms with Crippen LogP contribution in [-0.4, -0.2) is 26.7 Å². The van der Waals surface area contributed by atoms with Crippen LogP contribution in [-0.2, 0) is 13.5 Å². The minimum Gasteiger partial charge on any atom is -0.396 e. The van der Waals surface area contributed by atoms with E-state index in [9.17, 15) is 0 Å². The first-order valence-electron chi connectivity index (χ1n) is 3.29. The molecule has 0 bridgehead atoms. The first kappa shape index (κ1) is 7.21. The smallest absolute Gasteiger partial charge is 0.0725 e. The molecule has 4 nitrogen and oxygen atoms in total. The number of aliphatic hydroxyl groups excluding tert-OH is 1. The average molecular weight is 141 g/mol. The first-order valence-corrected chi connectivity index (χ1v) is 3.29. The molecule has 56 valence electrons. The summed E-state index contributed by atoms with van der Waals surface area (Å²) < 4.78 is 1.72. The van der Waals surface area contributed by atoms with Crippen molar-refractivity contribution in [3.05, 3.63) is 11.9 Å². The van der Waals surface area contributed by atoms with E-state index >= 15 is 0 Å². The third kappa shape index (κ3) is 1.54. The second kappa shape index (κ2) is 3.31. The minimum atomic E-state index is 0.227. The van der Waals surface area contributed by atoms with Crippen LogP contribution in [0.2, 0.25) is 0 Å². The van der Waals surface area contributed by atoms with Crippen molar-refractivity contribution in [2.45, 2.75) is 12.8 Å². The van der Waals surface area contributed by atoms with Crippen LogP contribution in [0, 0.1) is 0 Å². The molecule has 0 unspecified atom stereocenters. The molecule has 0 amide bonds. The Morgan fingerprint density at radius 3 is 3.00 bits per heavy atom. The Bertz CT molecular complexity index is 197. The van der Waals surface area contributed by atoms with Crippen LogP contribution in [0.25, 0.3) is 0 Å². The van der Waals surface area contributed by atoms with Gasteiger partial charge in [0.25, 0.3) is 0 Å². The third-order valence-corrected chi connectivity index (χ3v) is 1.40. The molecule has 10 heavy (non-hydrogen) atoms. The fourth-order valence-electron chi connectivity index (χ4n) is 0.797. The Morgan fingerprint density at radius 1 is 1.70 bits per heavy atom. The maximum Gasteiger partial charge on any atom is 0.0725 e. The molecule has 0 saturated carbocycles. The molecule has 0 atom stereocenters. The van der Waals surface area contributed by atoms with E-state index in [1.165, 1.54) is 0 Å². The number of hydrogen-bond acceptors (Lipinski definition) is 3. The van der Waals surface area contributed by atoms with Crippen LogP contribution in [0.4, 0.5) is 0 Å². The first-order chi connectivity index (χ1) is 4.84. The average Bonchev–Trinajstić information content (AvgIpc) is 2.31. The van der Waals surface area contributed by atoms with Crippen LogP contribution >= 0.6 is 0 Å². The van der Waals surface area contributed by atoms with Crippen molar-refractivity contribution >= 4 is 0 Å². The summed E-state index contributed by atoms with van der Waals surface area (Å²) in [5.74, 6) is 0. The van der Waals surface area contributed by atoms with Gasteiger partial charge in [0.05, 0.1) is 11.9 Å². The standard InChI is InChI=1S/C6H11N3O/c1-9-6(3-2-4-10)5-7-8-9/h5,10H,2-4H2,1H3. The number of aliphatic hydroxyl groups is 1. The Kier molecular flexibility index (Phi) is 2.39. The topological polar surface area (TPSA) is 50.9 Å². The molecular formula is C6H11N3O. The molecular weight excluding hydrogens is 130 g/mol. The highest BCUT2D eigenvalue weighted by molar-refractivity contribution is 4.92. The molecule has 0 aliphatic carbocycles. The van der Waals surface area contributed by atoms with Crippen molar-refractivity contribution < 1.29 is 5.11 Å². The van der Waals surface area contributed by atoms with Crippen molar-refractivity contribution in [2.24, 2.45) is 7.05 Å². The van der Waals surface area contributed by atoms with Gasteiger partial charge in [-0.15, -0.1) is 5.10 Å². The van der Waals surface area contributed by atoms with Crippen LogP contribution in [0.5, 0.6) is 0 Å². The summed E-state index contributed by atoms with van der Waals surface area (Å²) in [6, 6.07) is 0. The van der Waals surface area contributed by atoms with E-state index < -0.39 is 0 Å². The van der Waals surface area contributed by atoms with Gasteiger partial charge in [0, 0.05) is 13.7 Å². The molecule has 1 N–H and O–H groups in total. The summed E-state index contributed by atoms with van der Waals surface area (Å²) in [5, 5.41) is 16.0. The maximum atomic E-state index is 8.51. The lowest BCUT2D eigenvalue weighted by Gasteiger charge is -1.95. The minimum absolute atomic E-state index is 0.227. The maximum absolute atomic E-state index is 8.51. The van der Waals surface area contributed by atoms with Crippen LogP contribution < -0.4 is 0 Å². The summed E-state index contributed by atoms with van der Waals surface area (Å²) in [6.45, 7) is 0.227. The number of aromatic nitrogens is 3. The second-order valence-electron chi connectivity index (χ2n) is 2.18.